The molecule has 0 bridgehead atoms. The topological polar surface area (TPSA) is 104 Å². The van der Waals surface area contributed by atoms with Crippen molar-refractivity contribution in [3.8, 4) is 11.6 Å². The lowest BCUT2D eigenvalue weighted by molar-refractivity contribution is 0.625. The zero-order valence-corrected chi connectivity index (χ0v) is 8.79. The second kappa shape index (κ2) is 3.44. The molecule has 0 atom stereocenters. The highest BCUT2D eigenvalue weighted by molar-refractivity contribution is 5.81. The van der Waals surface area contributed by atoms with E-state index in [1.807, 2.05) is 30.3 Å². The SMILES string of the molecule is Nc1nc(N)nc(-c2cc3ccccc3o2)n1. The van der Waals surface area contributed by atoms with E-state index in [2.05, 4.69) is 15.0 Å². The molecule has 84 valence electrons. The number of hydrogen-bond acceptors (Lipinski definition) is 6. The predicted molar refractivity (Wildman–Crippen MR) is 63.9 cm³/mol. The molecule has 0 aliphatic rings. The van der Waals surface area contributed by atoms with Crippen LogP contribution >= 0.6 is 0 Å². The molecule has 4 N–H and O–H groups in total. The van der Waals surface area contributed by atoms with E-state index >= 15 is 0 Å². The zero-order chi connectivity index (χ0) is 11.8. The summed E-state index contributed by atoms with van der Waals surface area (Å²) in [6.45, 7) is 0. The number of nitrogen functional groups attached to an aromatic ring is 2. The molecule has 0 radical (unpaired) electrons. The fraction of sp³-hybridized carbons (Fsp3) is 0. The van der Waals surface area contributed by atoms with Gasteiger partial charge in [0.1, 0.15) is 5.58 Å². The smallest absolute Gasteiger partial charge is 0.225 e. The Labute approximate surface area is 96.3 Å². The lowest BCUT2D eigenvalue weighted by atomic mass is 10.2. The van der Waals surface area contributed by atoms with Crippen LogP contribution in [-0.4, -0.2) is 15.0 Å². The van der Waals surface area contributed by atoms with E-state index in [1.165, 1.54) is 0 Å². The molecule has 0 aliphatic heterocycles. The number of nitrogens with two attached hydrogens (primary N) is 2. The number of nitrogens with zero attached hydrogens (tertiary/aromatic N) is 3. The monoisotopic (exact) mass is 227 g/mol. The summed E-state index contributed by atoms with van der Waals surface area (Å²) in [7, 11) is 0. The minimum atomic E-state index is 0.0768. The fourth-order valence-corrected chi connectivity index (χ4v) is 1.61. The van der Waals surface area contributed by atoms with E-state index in [0.717, 1.165) is 11.0 Å². The van der Waals surface area contributed by atoms with Crippen molar-refractivity contribution in [1.82, 2.24) is 15.0 Å². The number of benzene rings is 1. The molecule has 0 saturated heterocycles. The maximum Gasteiger partial charge on any atom is 0.225 e. The van der Waals surface area contributed by atoms with Crippen LogP contribution in [0.1, 0.15) is 0 Å². The first kappa shape index (κ1) is 9.59. The summed E-state index contributed by atoms with van der Waals surface area (Å²) in [5, 5.41) is 0.972. The fourth-order valence-electron chi connectivity index (χ4n) is 1.61. The third kappa shape index (κ3) is 1.65. The minimum Gasteiger partial charge on any atom is -0.453 e. The molecule has 2 heterocycles. The average Bonchev–Trinajstić information content (AvgIpc) is 2.71. The van der Waals surface area contributed by atoms with Gasteiger partial charge in [-0.1, -0.05) is 18.2 Å². The first-order valence-corrected chi connectivity index (χ1v) is 4.98. The van der Waals surface area contributed by atoms with Crippen LogP contribution in [0, 0.1) is 0 Å². The third-order valence-corrected chi connectivity index (χ3v) is 2.32. The first-order valence-electron chi connectivity index (χ1n) is 4.98. The van der Waals surface area contributed by atoms with Crippen LogP contribution in [-0.2, 0) is 0 Å². The normalized spacial score (nSPS) is 10.8. The molecule has 6 heteroatoms. The van der Waals surface area contributed by atoms with Gasteiger partial charge in [0.2, 0.25) is 17.7 Å². The van der Waals surface area contributed by atoms with Crippen LogP contribution in [0.3, 0.4) is 0 Å². The molecule has 3 rings (SSSR count). The molecule has 17 heavy (non-hydrogen) atoms. The number of fused-ring (bicyclic) bond motifs is 1. The summed E-state index contributed by atoms with van der Waals surface area (Å²) in [6, 6.07) is 9.47. The molecule has 0 spiro atoms. The lowest BCUT2D eigenvalue weighted by Gasteiger charge is -1.97. The van der Waals surface area contributed by atoms with E-state index < -0.39 is 0 Å². The average molecular weight is 227 g/mol. The van der Waals surface area contributed by atoms with Crippen LogP contribution in [0.4, 0.5) is 11.9 Å². The molecule has 0 amide bonds. The number of rotatable bonds is 1. The van der Waals surface area contributed by atoms with Gasteiger partial charge in [-0.05, 0) is 12.1 Å². The van der Waals surface area contributed by atoms with Gasteiger partial charge in [0, 0.05) is 5.39 Å². The highest BCUT2D eigenvalue weighted by atomic mass is 16.3. The Bertz CT molecular complexity index is 638. The van der Waals surface area contributed by atoms with Gasteiger partial charge in [0.15, 0.2) is 5.76 Å². The molecule has 2 aromatic heterocycles. The Balaban J connectivity index is 2.20. The van der Waals surface area contributed by atoms with Crippen molar-refractivity contribution < 1.29 is 4.42 Å². The Kier molecular flexibility index (Phi) is 1.94. The van der Waals surface area contributed by atoms with Gasteiger partial charge in [-0.15, -0.1) is 0 Å². The van der Waals surface area contributed by atoms with Crippen molar-refractivity contribution in [2.45, 2.75) is 0 Å². The predicted octanol–water partition coefficient (Wildman–Crippen LogP) is 1.45. The van der Waals surface area contributed by atoms with Gasteiger partial charge in [-0.2, -0.15) is 15.0 Å². The van der Waals surface area contributed by atoms with E-state index in [1.54, 1.807) is 0 Å². The van der Waals surface area contributed by atoms with Crippen molar-refractivity contribution >= 4 is 22.9 Å². The van der Waals surface area contributed by atoms with Crippen LogP contribution in [0.25, 0.3) is 22.6 Å². The third-order valence-electron chi connectivity index (χ3n) is 2.32. The second-order valence-corrected chi connectivity index (χ2v) is 3.52. The molecular weight excluding hydrogens is 218 g/mol. The number of para-hydroxylation sites is 1. The summed E-state index contributed by atoms with van der Waals surface area (Å²) >= 11 is 0. The summed E-state index contributed by atoms with van der Waals surface area (Å²) in [5.41, 5.74) is 11.8. The van der Waals surface area contributed by atoms with Crippen LogP contribution in [0.5, 0.6) is 0 Å². The van der Waals surface area contributed by atoms with Crippen molar-refractivity contribution in [3.05, 3.63) is 30.3 Å². The van der Waals surface area contributed by atoms with E-state index in [0.29, 0.717) is 11.6 Å². The van der Waals surface area contributed by atoms with E-state index in [4.69, 9.17) is 15.9 Å². The Morgan fingerprint density at radius 3 is 2.35 bits per heavy atom. The van der Waals surface area contributed by atoms with Crippen molar-refractivity contribution in [1.29, 1.82) is 0 Å². The van der Waals surface area contributed by atoms with Gasteiger partial charge < -0.3 is 15.9 Å². The Hall–Kier alpha value is -2.63. The van der Waals surface area contributed by atoms with Gasteiger partial charge in [0.05, 0.1) is 0 Å². The van der Waals surface area contributed by atoms with E-state index in [-0.39, 0.29) is 11.9 Å². The minimum absolute atomic E-state index is 0.0768. The summed E-state index contributed by atoms with van der Waals surface area (Å²) < 4.78 is 5.60. The van der Waals surface area contributed by atoms with Crippen LogP contribution < -0.4 is 11.5 Å². The molecule has 0 unspecified atom stereocenters. The van der Waals surface area contributed by atoms with Gasteiger partial charge in [-0.3, -0.25) is 0 Å². The van der Waals surface area contributed by atoms with Crippen molar-refractivity contribution in [2.24, 2.45) is 0 Å². The lowest BCUT2D eigenvalue weighted by Crippen LogP contribution is -2.03. The Morgan fingerprint density at radius 1 is 0.941 bits per heavy atom. The second-order valence-electron chi connectivity index (χ2n) is 3.52. The maximum absolute atomic E-state index is 5.60. The summed E-state index contributed by atoms with van der Waals surface area (Å²) in [5.74, 6) is 1.01. The van der Waals surface area contributed by atoms with Crippen LogP contribution in [0.2, 0.25) is 0 Å². The highest BCUT2D eigenvalue weighted by Gasteiger charge is 2.10. The number of furan rings is 1. The molecule has 0 fully saturated rings. The van der Waals surface area contributed by atoms with Gasteiger partial charge in [0.25, 0.3) is 0 Å². The molecule has 3 aromatic rings. The number of aromatic nitrogens is 3. The molecule has 0 saturated carbocycles. The number of anilines is 2. The number of hydrogen-bond donors (Lipinski definition) is 2. The van der Waals surface area contributed by atoms with E-state index in [9.17, 15) is 0 Å². The largest absolute Gasteiger partial charge is 0.453 e. The standard InChI is InChI=1S/C11H9N5O/c12-10-14-9(15-11(13)16-10)8-5-6-3-1-2-4-7(6)17-8/h1-5H,(H4,12,13,14,15,16). The summed E-state index contributed by atoms with van der Waals surface area (Å²) in [4.78, 5) is 11.7. The Morgan fingerprint density at radius 2 is 1.65 bits per heavy atom. The zero-order valence-electron chi connectivity index (χ0n) is 8.79. The van der Waals surface area contributed by atoms with Crippen LogP contribution in [0.15, 0.2) is 34.7 Å². The highest BCUT2D eigenvalue weighted by Crippen LogP contribution is 2.25. The van der Waals surface area contributed by atoms with Gasteiger partial charge in [-0.25, -0.2) is 0 Å². The van der Waals surface area contributed by atoms with Gasteiger partial charge >= 0.3 is 0 Å². The molecular formula is C11H9N5O. The molecule has 1 aromatic carbocycles. The first-order chi connectivity index (χ1) is 8.22. The molecule has 6 nitrogen and oxygen atoms in total. The van der Waals surface area contributed by atoms with Crippen molar-refractivity contribution in [3.63, 3.8) is 0 Å². The summed E-state index contributed by atoms with van der Waals surface area (Å²) in [6.07, 6.45) is 0. The maximum atomic E-state index is 5.60. The quantitative estimate of drug-likeness (QED) is 0.652. The van der Waals surface area contributed by atoms with Crippen molar-refractivity contribution in [2.75, 3.05) is 11.5 Å². The molecule has 0 aliphatic carbocycles.